The van der Waals surface area contributed by atoms with Gasteiger partial charge in [0.25, 0.3) is 0 Å². The molecule has 0 aromatic carbocycles. The Balaban J connectivity index is -0.0000000450. The van der Waals surface area contributed by atoms with E-state index in [1.54, 1.807) is 0 Å². The standard InChI is InChI=1S/BO3.Cu.Fe/c2-1(3)4;;/q-3;2*+2. The first-order valence-corrected chi connectivity index (χ1v) is 0.707. The third-order valence-electron chi connectivity index (χ3n) is 0. The van der Waals surface area contributed by atoms with Gasteiger partial charge in [-0.15, -0.1) is 0 Å². The Kier molecular flexibility index (Phi) is 24.6. The van der Waals surface area contributed by atoms with E-state index >= 15 is 0 Å². The molecular formula is BCuFeO3+. The van der Waals surface area contributed by atoms with Crippen LogP contribution in [0.15, 0.2) is 0 Å². The summed E-state index contributed by atoms with van der Waals surface area (Å²) >= 11 is 0. The van der Waals surface area contributed by atoms with Crippen LogP contribution < -0.4 is 15.1 Å². The molecule has 3 nitrogen and oxygen atoms in total. The Morgan fingerprint density at radius 1 is 1.00 bits per heavy atom. The van der Waals surface area contributed by atoms with Crippen LogP contribution in [0, 0.1) is 0 Å². The fourth-order valence-corrected chi connectivity index (χ4v) is 0. The van der Waals surface area contributed by atoms with E-state index in [1.165, 1.54) is 0 Å². The van der Waals surface area contributed by atoms with Crippen molar-refractivity contribution in [2.45, 2.75) is 0 Å². The summed E-state index contributed by atoms with van der Waals surface area (Å²) in [5.41, 5.74) is 0. The monoisotopic (exact) mass is 178 g/mol. The molecule has 6 heavy (non-hydrogen) atoms. The zero-order valence-electron chi connectivity index (χ0n) is 2.46. The normalized spacial score (nSPS) is 4.50. The van der Waals surface area contributed by atoms with Crippen LogP contribution in [0.1, 0.15) is 0 Å². The molecule has 0 unspecified atom stereocenters. The van der Waals surface area contributed by atoms with Crippen molar-refractivity contribution < 1.29 is 49.2 Å². The van der Waals surface area contributed by atoms with Crippen molar-refractivity contribution in [2.75, 3.05) is 0 Å². The molecule has 0 fully saturated rings. The molecule has 0 amide bonds. The molecule has 0 aromatic rings. The van der Waals surface area contributed by atoms with Crippen LogP contribution in [0.5, 0.6) is 0 Å². The van der Waals surface area contributed by atoms with Gasteiger partial charge in [0.05, 0.1) is 0 Å². The van der Waals surface area contributed by atoms with Gasteiger partial charge in [-0.05, 0) is 0 Å². The third-order valence-corrected chi connectivity index (χ3v) is 0. The second-order valence-electron chi connectivity index (χ2n) is 0.289. The maximum Gasteiger partial charge on any atom is 2.00 e. The summed E-state index contributed by atoms with van der Waals surface area (Å²) < 4.78 is 0. The van der Waals surface area contributed by atoms with E-state index in [0.29, 0.717) is 0 Å². The van der Waals surface area contributed by atoms with Crippen LogP contribution in [0.2, 0.25) is 0 Å². The molecule has 0 bridgehead atoms. The maximum atomic E-state index is 8.42. The van der Waals surface area contributed by atoms with E-state index in [2.05, 4.69) is 0 Å². The second kappa shape index (κ2) is 9.36. The van der Waals surface area contributed by atoms with E-state index in [9.17, 15) is 0 Å². The smallest absolute Gasteiger partial charge is 0.907 e. The Hall–Kier alpha value is 0.984. The van der Waals surface area contributed by atoms with Gasteiger partial charge in [-0.25, -0.2) is 0 Å². The molecule has 0 aromatic heterocycles. The van der Waals surface area contributed by atoms with Crippen molar-refractivity contribution in [3.63, 3.8) is 0 Å². The minimum absolute atomic E-state index is 0. The van der Waals surface area contributed by atoms with Gasteiger partial charge in [-0.1, -0.05) is 0 Å². The van der Waals surface area contributed by atoms with Gasteiger partial charge in [-0.3, -0.25) is 7.32 Å². The first-order valence-electron chi connectivity index (χ1n) is 0.707. The molecule has 0 heterocycles. The van der Waals surface area contributed by atoms with Crippen LogP contribution in [0.4, 0.5) is 0 Å². The van der Waals surface area contributed by atoms with Crippen molar-refractivity contribution in [3.8, 4) is 0 Å². The molecule has 0 aliphatic carbocycles. The van der Waals surface area contributed by atoms with Crippen LogP contribution >= 0.6 is 0 Å². The zero-order chi connectivity index (χ0) is 3.58. The zero-order valence-corrected chi connectivity index (χ0v) is 4.50. The quantitative estimate of drug-likeness (QED) is 0.355. The predicted octanol–water partition coefficient (Wildman–Crippen LogP) is -3.95. The van der Waals surface area contributed by atoms with Crippen molar-refractivity contribution in [1.29, 1.82) is 0 Å². The average Bonchev–Trinajstić information content (AvgIpc) is 0.811. The molecule has 0 N–H and O–H groups in total. The van der Waals surface area contributed by atoms with E-state index in [0.717, 1.165) is 0 Å². The van der Waals surface area contributed by atoms with Gasteiger partial charge in [0.1, 0.15) is 0 Å². The molecule has 0 saturated carbocycles. The molecule has 39 valence electrons. The molecule has 0 aliphatic heterocycles. The molecule has 0 saturated heterocycles. The SMILES string of the molecule is [Cu+2].[Fe+2].[O-]B([O-])[O-]. The molecule has 0 aliphatic rings. The van der Waals surface area contributed by atoms with Gasteiger partial charge < -0.3 is 15.1 Å². The van der Waals surface area contributed by atoms with E-state index < -0.39 is 7.32 Å². The van der Waals surface area contributed by atoms with Crippen LogP contribution in [-0.4, -0.2) is 7.32 Å². The number of hydrogen-bond acceptors (Lipinski definition) is 3. The summed E-state index contributed by atoms with van der Waals surface area (Å²) in [6.45, 7) is 0. The predicted molar refractivity (Wildman–Crippen MR) is 5.75 cm³/mol. The minimum atomic E-state index is -2.92. The number of rotatable bonds is 0. The van der Waals surface area contributed by atoms with Crippen LogP contribution in [-0.2, 0) is 34.1 Å². The van der Waals surface area contributed by atoms with Crippen molar-refractivity contribution in [3.05, 3.63) is 0 Å². The van der Waals surface area contributed by atoms with Gasteiger partial charge >= 0.3 is 34.1 Å². The molecule has 1 radical (unpaired) electrons. The summed E-state index contributed by atoms with van der Waals surface area (Å²) in [5.74, 6) is 0. The summed E-state index contributed by atoms with van der Waals surface area (Å²) in [6.07, 6.45) is 0. The summed E-state index contributed by atoms with van der Waals surface area (Å²) in [6, 6.07) is 0. The van der Waals surface area contributed by atoms with Gasteiger partial charge in [-0.2, -0.15) is 0 Å². The molecule has 0 atom stereocenters. The summed E-state index contributed by atoms with van der Waals surface area (Å²) in [7, 11) is -2.92. The van der Waals surface area contributed by atoms with Gasteiger partial charge in [0, 0.05) is 0 Å². The van der Waals surface area contributed by atoms with Crippen molar-refractivity contribution in [2.24, 2.45) is 0 Å². The maximum absolute atomic E-state index is 8.42. The topological polar surface area (TPSA) is 69.2 Å². The van der Waals surface area contributed by atoms with Gasteiger partial charge in [0.15, 0.2) is 0 Å². The van der Waals surface area contributed by atoms with Gasteiger partial charge in [0.2, 0.25) is 0 Å². The van der Waals surface area contributed by atoms with E-state index in [-0.39, 0.29) is 34.1 Å². The Labute approximate surface area is 56.9 Å². The summed E-state index contributed by atoms with van der Waals surface area (Å²) in [4.78, 5) is 0. The third kappa shape index (κ3) is 81.7. The summed E-state index contributed by atoms with van der Waals surface area (Å²) in [5, 5.41) is 25.2. The van der Waals surface area contributed by atoms with Crippen LogP contribution in [0.25, 0.3) is 0 Å². The molecule has 0 spiro atoms. The van der Waals surface area contributed by atoms with E-state index in [1.807, 2.05) is 0 Å². The fourth-order valence-electron chi connectivity index (χ4n) is 0. The van der Waals surface area contributed by atoms with Crippen LogP contribution in [0.3, 0.4) is 0 Å². The first kappa shape index (κ1) is 15.8. The molecular weight excluding hydrogens is 178 g/mol. The Morgan fingerprint density at radius 3 is 1.00 bits per heavy atom. The molecule has 0 rings (SSSR count). The average molecular weight is 178 g/mol. The first-order chi connectivity index (χ1) is 1.73. The van der Waals surface area contributed by atoms with E-state index in [4.69, 9.17) is 15.1 Å². The largest absolute Gasteiger partial charge is 2.00 e. The number of hydrogen-bond donors (Lipinski definition) is 0. The Morgan fingerprint density at radius 2 is 1.00 bits per heavy atom. The second-order valence-corrected chi connectivity index (χ2v) is 0.289. The molecule has 6 heteroatoms. The van der Waals surface area contributed by atoms with Crippen molar-refractivity contribution in [1.82, 2.24) is 0 Å². The van der Waals surface area contributed by atoms with Crippen molar-refractivity contribution >= 4 is 7.32 Å². The fraction of sp³-hybridized carbons (Fsp3) is 0. The Bertz CT molecular complexity index is 15.5. The minimum Gasteiger partial charge on any atom is -0.907 e.